The fourth-order valence-corrected chi connectivity index (χ4v) is 3.56. The van der Waals surface area contributed by atoms with E-state index in [4.69, 9.17) is 5.73 Å². The molecule has 1 aliphatic carbocycles. The lowest BCUT2D eigenvalue weighted by atomic mass is 10.0. The van der Waals surface area contributed by atoms with Crippen LogP contribution in [0.3, 0.4) is 0 Å². The number of aryl methyl sites for hydroxylation is 2. The molecule has 3 N–H and O–H groups in total. The Morgan fingerprint density at radius 3 is 2.75 bits per heavy atom. The molecule has 0 atom stereocenters. The Kier molecular flexibility index (Phi) is 4.51. The van der Waals surface area contributed by atoms with Crippen molar-refractivity contribution >= 4 is 10.0 Å². The summed E-state index contributed by atoms with van der Waals surface area (Å²) in [4.78, 5) is 4.16. The van der Waals surface area contributed by atoms with Gasteiger partial charge in [-0.05, 0) is 44.6 Å². The fraction of sp³-hybridized carbons (Fsp3) is 0.769. The minimum atomic E-state index is -3.51. The normalized spacial score (nSPS) is 17.4. The largest absolute Gasteiger partial charge is 0.334 e. The lowest BCUT2D eigenvalue weighted by Gasteiger charge is -2.14. The third-order valence-electron chi connectivity index (χ3n) is 3.96. The number of rotatable bonds is 8. The summed E-state index contributed by atoms with van der Waals surface area (Å²) in [6.07, 6.45) is 5.54. The maximum Gasteiger partial charge on any atom is 0.259 e. The average molecular weight is 300 g/mol. The van der Waals surface area contributed by atoms with Crippen molar-refractivity contribution in [2.45, 2.75) is 51.1 Å². The molecule has 0 unspecified atom stereocenters. The molecule has 0 saturated heterocycles. The van der Waals surface area contributed by atoms with Gasteiger partial charge in [-0.1, -0.05) is 6.92 Å². The van der Waals surface area contributed by atoms with Crippen molar-refractivity contribution in [3.05, 3.63) is 12.0 Å². The first-order valence-corrected chi connectivity index (χ1v) is 8.64. The highest BCUT2D eigenvalue weighted by Crippen LogP contribution is 2.47. The first-order valence-electron chi connectivity index (χ1n) is 7.16. The van der Waals surface area contributed by atoms with E-state index in [0.717, 1.165) is 38.1 Å². The summed E-state index contributed by atoms with van der Waals surface area (Å²) < 4.78 is 29.1. The standard InChI is InChI=1S/C13H24N4O2S/c1-3-8-17-9-12(16-11(17)2)20(18,19)15-10-13(4-5-13)6-7-14/h9,15H,3-8,10,14H2,1-2H3. The first-order chi connectivity index (χ1) is 9.42. The summed E-state index contributed by atoms with van der Waals surface area (Å²) in [6.45, 7) is 5.73. The molecule has 0 spiro atoms. The van der Waals surface area contributed by atoms with E-state index in [9.17, 15) is 8.42 Å². The molecule has 0 aliphatic heterocycles. The zero-order valence-electron chi connectivity index (χ0n) is 12.2. The van der Waals surface area contributed by atoms with Crippen LogP contribution in [-0.4, -0.2) is 31.1 Å². The van der Waals surface area contributed by atoms with Gasteiger partial charge < -0.3 is 10.3 Å². The molecule has 0 aromatic carbocycles. The lowest BCUT2D eigenvalue weighted by molar-refractivity contribution is 0.461. The van der Waals surface area contributed by atoms with E-state index in [1.807, 2.05) is 11.5 Å². The Hall–Kier alpha value is -0.920. The Morgan fingerprint density at radius 1 is 1.50 bits per heavy atom. The highest BCUT2D eigenvalue weighted by molar-refractivity contribution is 7.89. The maximum atomic E-state index is 12.3. The van der Waals surface area contributed by atoms with E-state index in [2.05, 4.69) is 16.6 Å². The summed E-state index contributed by atoms with van der Waals surface area (Å²) in [5.74, 6) is 0.732. The molecule has 0 bridgehead atoms. The van der Waals surface area contributed by atoms with E-state index in [-0.39, 0.29) is 10.4 Å². The number of nitrogens with zero attached hydrogens (tertiary/aromatic N) is 2. The quantitative estimate of drug-likeness (QED) is 0.749. The number of hydrogen-bond donors (Lipinski definition) is 2. The second-order valence-electron chi connectivity index (χ2n) is 5.68. The second kappa shape index (κ2) is 5.83. The third kappa shape index (κ3) is 3.39. The van der Waals surface area contributed by atoms with Gasteiger partial charge in [-0.2, -0.15) is 0 Å². The van der Waals surface area contributed by atoms with Crippen LogP contribution in [0.25, 0.3) is 0 Å². The van der Waals surface area contributed by atoms with Gasteiger partial charge in [0, 0.05) is 19.3 Å². The van der Waals surface area contributed by atoms with Crippen molar-refractivity contribution < 1.29 is 8.42 Å². The van der Waals surface area contributed by atoms with Crippen LogP contribution in [0.1, 0.15) is 38.4 Å². The molecule has 2 rings (SSSR count). The molecule has 0 radical (unpaired) electrons. The smallest absolute Gasteiger partial charge is 0.259 e. The van der Waals surface area contributed by atoms with Gasteiger partial charge in [0.2, 0.25) is 0 Å². The summed E-state index contributed by atoms with van der Waals surface area (Å²) in [5, 5.41) is 0.118. The lowest BCUT2D eigenvalue weighted by Crippen LogP contribution is -2.31. The second-order valence-corrected chi connectivity index (χ2v) is 7.40. The predicted molar refractivity (Wildman–Crippen MR) is 77.8 cm³/mol. The molecule has 20 heavy (non-hydrogen) atoms. The van der Waals surface area contributed by atoms with Crippen molar-refractivity contribution in [2.75, 3.05) is 13.1 Å². The van der Waals surface area contributed by atoms with Crippen LogP contribution in [0.15, 0.2) is 11.2 Å². The zero-order chi connectivity index (χ0) is 14.8. The van der Waals surface area contributed by atoms with Crippen LogP contribution in [0.5, 0.6) is 0 Å². The van der Waals surface area contributed by atoms with Gasteiger partial charge in [0.15, 0.2) is 5.03 Å². The Morgan fingerprint density at radius 2 is 2.20 bits per heavy atom. The fourth-order valence-electron chi connectivity index (χ4n) is 2.40. The number of hydrogen-bond acceptors (Lipinski definition) is 4. The molecule has 7 heteroatoms. The highest BCUT2D eigenvalue weighted by atomic mass is 32.2. The number of nitrogens with one attached hydrogen (secondary N) is 1. The molecule has 114 valence electrons. The molecule has 1 aliphatic rings. The highest BCUT2D eigenvalue weighted by Gasteiger charge is 2.42. The van der Waals surface area contributed by atoms with Gasteiger partial charge in [-0.25, -0.2) is 18.1 Å². The molecular weight excluding hydrogens is 276 g/mol. The van der Waals surface area contributed by atoms with Gasteiger partial charge >= 0.3 is 0 Å². The monoisotopic (exact) mass is 300 g/mol. The van der Waals surface area contributed by atoms with Gasteiger partial charge in [0.1, 0.15) is 5.82 Å². The minimum absolute atomic E-state index is 0.0862. The van der Waals surface area contributed by atoms with Crippen LogP contribution >= 0.6 is 0 Å². The van der Waals surface area contributed by atoms with E-state index in [0.29, 0.717) is 13.1 Å². The summed E-state index contributed by atoms with van der Waals surface area (Å²) in [6, 6.07) is 0. The molecule has 6 nitrogen and oxygen atoms in total. The Balaban J connectivity index is 2.05. The van der Waals surface area contributed by atoms with Crippen molar-refractivity contribution in [3.63, 3.8) is 0 Å². The Labute approximate surface area is 120 Å². The number of imidazole rings is 1. The van der Waals surface area contributed by atoms with Crippen LogP contribution in [0.2, 0.25) is 0 Å². The summed E-state index contributed by atoms with van der Waals surface area (Å²) >= 11 is 0. The predicted octanol–water partition coefficient (Wildman–Crippen LogP) is 1.01. The number of sulfonamides is 1. The van der Waals surface area contributed by atoms with Crippen LogP contribution in [-0.2, 0) is 16.6 Å². The molecule has 1 aromatic heterocycles. The summed E-state index contributed by atoms with van der Waals surface area (Å²) in [7, 11) is -3.51. The minimum Gasteiger partial charge on any atom is -0.334 e. The van der Waals surface area contributed by atoms with Crippen LogP contribution < -0.4 is 10.5 Å². The molecular formula is C13H24N4O2S. The van der Waals surface area contributed by atoms with E-state index in [1.165, 1.54) is 0 Å². The third-order valence-corrected chi connectivity index (χ3v) is 5.23. The maximum absolute atomic E-state index is 12.3. The summed E-state index contributed by atoms with van der Waals surface area (Å²) in [5.41, 5.74) is 5.65. The molecule has 1 heterocycles. The van der Waals surface area contributed by atoms with E-state index in [1.54, 1.807) is 6.20 Å². The van der Waals surface area contributed by atoms with Gasteiger partial charge in [0.25, 0.3) is 10.0 Å². The Bertz CT molecular complexity index is 561. The first kappa shape index (κ1) is 15.5. The van der Waals surface area contributed by atoms with E-state index < -0.39 is 10.0 Å². The zero-order valence-corrected chi connectivity index (χ0v) is 13.0. The number of nitrogens with two attached hydrogens (primary N) is 1. The van der Waals surface area contributed by atoms with Crippen molar-refractivity contribution in [1.82, 2.24) is 14.3 Å². The van der Waals surface area contributed by atoms with Crippen molar-refractivity contribution in [1.29, 1.82) is 0 Å². The average Bonchev–Trinajstić information content (AvgIpc) is 3.06. The van der Waals surface area contributed by atoms with Crippen molar-refractivity contribution in [2.24, 2.45) is 11.1 Å². The van der Waals surface area contributed by atoms with E-state index >= 15 is 0 Å². The number of aromatic nitrogens is 2. The molecule has 1 saturated carbocycles. The topological polar surface area (TPSA) is 90.0 Å². The van der Waals surface area contributed by atoms with Gasteiger partial charge in [-0.3, -0.25) is 0 Å². The molecule has 1 fully saturated rings. The molecule has 1 aromatic rings. The van der Waals surface area contributed by atoms with Crippen molar-refractivity contribution in [3.8, 4) is 0 Å². The van der Waals surface area contributed by atoms with Gasteiger partial charge in [0.05, 0.1) is 0 Å². The van der Waals surface area contributed by atoms with Crippen LogP contribution in [0.4, 0.5) is 0 Å². The molecule has 0 amide bonds. The van der Waals surface area contributed by atoms with Crippen LogP contribution in [0, 0.1) is 12.3 Å². The van der Waals surface area contributed by atoms with Gasteiger partial charge in [-0.15, -0.1) is 0 Å². The SMILES string of the molecule is CCCn1cc(S(=O)(=O)NCC2(CCN)CC2)nc1C.